The van der Waals surface area contributed by atoms with Gasteiger partial charge < -0.3 is 4.74 Å². The van der Waals surface area contributed by atoms with Gasteiger partial charge in [0.15, 0.2) is 11.3 Å². The van der Waals surface area contributed by atoms with Crippen LogP contribution in [-0.4, -0.2) is 26.9 Å². The Balaban J connectivity index is 2.21. The van der Waals surface area contributed by atoms with Gasteiger partial charge in [-0.05, 0) is 22.9 Å². The molecule has 5 nitrogen and oxygen atoms in total. The fraction of sp³-hybridized carbons (Fsp3) is 0.133. The molecule has 0 N–H and O–H groups in total. The molecule has 0 radical (unpaired) electrons. The van der Waals surface area contributed by atoms with E-state index in [-0.39, 0.29) is 5.69 Å². The molecule has 3 rings (SSSR count). The Morgan fingerprint density at radius 1 is 1.33 bits per heavy atom. The number of aromatic nitrogens is 3. The van der Waals surface area contributed by atoms with Crippen LogP contribution in [0.2, 0.25) is 0 Å². The summed E-state index contributed by atoms with van der Waals surface area (Å²) < 4.78 is 7.36. The van der Waals surface area contributed by atoms with Crippen molar-refractivity contribution in [3.05, 3.63) is 53.0 Å². The zero-order valence-electron chi connectivity index (χ0n) is 11.3. The van der Waals surface area contributed by atoms with Crippen molar-refractivity contribution < 1.29 is 9.53 Å². The van der Waals surface area contributed by atoms with E-state index in [1.54, 1.807) is 23.7 Å². The van der Waals surface area contributed by atoms with E-state index in [2.05, 4.69) is 25.9 Å². The van der Waals surface area contributed by atoms with Gasteiger partial charge in [0.05, 0.1) is 6.61 Å². The van der Waals surface area contributed by atoms with Gasteiger partial charge in [-0.1, -0.05) is 30.3 Å². The Hall–Kier alpha value is -2.21. The molecule has 0 atom stereocenters. The lowest BCUT2D eigenvalue weighted by Crippen LogP contribution is -2.05. The molecule has 0 fully saturated rings. The molecule has 6 heteroatoms. The fourth-order valence-electron chi connectivity index (χ4n) is 2.08. The zero-order chi connectivity index (χ0) is 14.8. The minimum atomic E-state index is -0.452. The number of imidazole rings is 1. The summed E-state index contributed by atoms with van der Waals surface area (Å²) in [6.07, 6.45) is 3.43. The van der Waals surface area contributed by atoms with E-state index in [1.165, 1.54) is 0 Å². The number of nitrogens with zero attached hydrogens (tertiary/aromatic N) is 3. The van der Waals surface area contributed by atoms with Gasteiger partial charge in [-0.25, -0.2) is 9.78 Å². The number of benzene rings is 1. The van der Waals surface area contributed by atoms with E-state index in [0.717, 1.165) is 5.56 Å². The highest BCUT2D eigenvalue weighted by Crippen LogP contribution is 2.26. The van der Waals surface area contributed by atoms with Crippen molar-refractivity contribution in [3.8, 4) is 11.3 Å². The predicted molar refractivity (Wildman–Crippen MR) is 82.1 cm³/mol. The SMILES string of the molecule is CCOC(=O)c1nc2c(-c3ccccc3)nccn2c1Br. The summed E-state index contributed by atoms with van der Waals surface area (Å²) in [5, 5.41) is 0. The van der Waals surface area contributed by atoms with Crippen LogP contribution < -0.4 is 0 Å². The van der Waals surface area contributed by atoms with Crippen molar-refractivity contribution in [3.63, 3.8) is 0 Å². The third-order valence-electron chi connectivity index (χ3n) is 3.00. The van der Waals surface area contributed by atoms with Gasteiger partial charge >= 0.3 is 5.97 Å². The predicted octanol–water partition coefficient (Wildman–Crippen LogP) is 3.34. The van der Waals surface area contributed by atoms with Crippen LogP contribution in [-0.2, 0) is 4.74 Å². The average Bonchev–Trinajstić information content (AvgIpc) is 2.86. The molecule has 0 bridgehead atoms. The molecule has 21 heavy (non-hydrogen) atoms. The number of carbonyl (C=O) groups excluding carboxylic acids is 1. The van der Waals surface area contributed by atoms with Crippen LogP contribution in [0, 0.1) is 0 Å². The summed E-state index contributed by atoms with van der Waals surface area (Å²) in [6.45, 7) is 2.07. The van der Waals surface area contributed by atoms with E-state index < -0.39 is 5.97 Å². The number of hydrogen-bond donors (Lipinski definition) is 0. The highest BCUT2D eigenvalue weighted by atomic mass is 79.9. The van der Waals surface area contributed by atoms with Crippen molar-refractivity contribution in [2.75, 3.05) is 6.61 Å². The third kappa shape index (κ3) is 2.42. The highest BCUT2D eigenvalue weighted by molar-refractivity contribution is 9.10. The van der Waals surface area contributed by atoms with E-state index in [0.29, 0.717) is 22.6 Å². The van der Waals surface area contributed by atoms with Crippen LogP contribution in [0.15, 0.2) is 47.3 Å². The summed E-state index contributed by atoms with van der Waals surface area (Å²) in [7, 11) is 0. The normalized spacial score (nSPS) is 10.8. The van der Waals surface area contributed by atoms with Gasteiger partial charge in [-0.2, -0.15) is 0 Å². The van der Waals surface area contributed by atoms with Crippen molar-refractivity contribution in [2.24, 2.45) is 0 Å². The minimum Gasteiger partial charge on any atom is -0.461 e. The standard InChI is InChI=1S/C15H12BrN3O2/c1-2-21-15(20)12-13(16)19-9-8-17-11(14(19)18-12)10-6-4-3-5-7-10/h3-9H,2H2,1H3. The van der Waals surface area contributed by atoms with Gasteiger partial charge in [0.1, 0.15) is 10.3 Å². The molecule has 1 aromatic carbocycles. The van der Waals surface area contributed by atoms with E-state index in [1.807, 2.05) is 30.3 Å². The molecular formula is C15H12BrN3O2. The number of hydrogen-bond acceptors (Lipinski definition) is 4. The number of rotatable bonds is 3. The Morgan fingerprint density at radius 3 is 2.81 bits per heavy atom. The van der Waals surface area contributed by atoms with Crippen molar-refractivity contribution >= 4 is 27.5 Å². The van der Waals surface area contributed by atoms with Crippen LogP contribution >= 0.6 is 15.9 Å². The van der Waals surface area contributed by atoms with Crippen LogP contribution in [0.5, 0.6) is 0 Å². The lowest BCUT2D eigenvalue weighted by molar-refractivity contribution is 0.0519. The monoisotopic (exact) mass is 345 g/mol. The first-order valence-electron chi connectivity index (χ1n) is 6.47. The van der Waals surface area contributed by atoms with E-state index in [4.69, 9.17) is 4.74 Å². The number of fused-ring (bicyclic) bond motifs is 1. The first-order chi connectivity index (χ1) is 10.2. The molecular weight excluding hydrogens is 334 g/mol. The summed E-state index contributed by atoms with van der Waals surface area (Å²) in [4.78, 5) is 20.7. The van der Waals surface area contributed by atoms with Gasteiger partial charge in [0.25, 0.3) is 0 Å². The lowest BCUT2D eigenvalue weighted by atomic mass is 10.1. The molecule has 2 aromatic heterocycles. The largest absolute Gasteiger partial charge is 0.461 e. The molecule has 0 amide bonds. The molecule has 106 valence electrons. The van der Waals surface area contributed by atoms with Gasteiger partial charge in [0, 0.05) is 18.0 Å². The Bertz CT molecular complexity index is 799. The molecule has 0 aliphatic rings. The smallest absolute Gasteiger partial charge is 0.359 e. The Morgan fingerprint density at radius 2 is 2.10 bits per heavy atom. The maximum atomic E-state index is 11.9. The molecule has 3 aromatic rings. The van der Waals surface area contributed by atoms with Crippen LogP contribution in [0.1, 0.15) is 17.4 Å². The van der Waals surface area contributed by atoms with Gasteiger partial charge in [0.2, 0.25) is 0 Å². The van der Waals surface area contributed by atoms with Crippen molar-refractivity contribution in [1.82, 2.24) is 14.4 Å². The summed E-state index contributed by atoms with van der Waals surface area (Å²) in [6, 6.07) is 9.72. The molecule has 0 saturated carbocycles. The second-order valence-electron chi connectivity index (χ2n) is 4.31. The summed E-state index contributed by atoms with van der Waals surface area (Å²) in [5.41, 5.74) is 2.52. The molecule has 0 saturated heterocycles. The van der Waals surface area contributed by atoms with E-state index >= 15 is 0 Å². The third-order valence-corrected chi connectivity index (χ3v) is 3.76. The molecule has 0 aliphatic carbocycles. The number of esters is 1. The Kier molecular flexibility index (Phi) is 3.70. The fourth-order valence-corrected chi connectivity index (χ4v) is 2.61. The van der Waals surface area contributed by atoms with Gasteiger partial charge in [-0.15, -0.1) is 0 Å². The maximum Gasteiger partial charge on any atom is 0.359 e. The zero-order valence-corrected chi connectivity index (χ0v) is 12.9. The Labute approximate surface area is 129 Å². The van der Waals surface area contributed by atoms with Crippen LogP contribution in [0.4, 0.5) is 0 Å². The first-order valence-corrected chi connectivity index (χ1v) is 7.26. The number of carbonyl (C=O) groups is 1. The number of ether oxygens (including phenoxy) is 1. The highest BCUT2D eigenvalue weighted by Gasteiger charge is 2.20. The molecule has 0 spiro atoms. The first kappa shape index (κ1) is 13.8. The molecule has 0 unspecified atom stereocenters. The molecule has 0 aliphatic heterocycles. The van der Waals surface area contributed by atoms with E-state index in [9.17, 15) is 4.79 Å². The quantitative estimate of drug-likeness (QED) is 0.683. The summed E-state index contributed by atoms with van der Waals surface area (Å²) in [5.74, 6) is -0.452. The number of halogens is 1. The minimum absolute atomic E-state index is 0.252. The van der Waals surface area contributed by atoms with Crippen molar-refractivity contribution in [1.29, 1.82) is 0 Å². The van der Waals surface area contributed by atoms with Gasteiger partial charge in [-0.3, -0.25) is 9.38 Å². The second kappa shape index (κ2) is 5.65. The second-order valence-corrected chi connectivity index (χ2v) is 5.06. The van der Waals surface area contributed by atoms with Crippen LogP contribution in [0.3, 0.4) is 0 Å². The average molecular weight is 346 g/mol. The topological polar surface area (TPSA) is 56.5 Å². The lowest BCUT2D eigenvalue weighted by Gasteiger charge is -2.02. The van der Waals surface area contributed by atoms with Crippen LogP contribution in [0.25, 0.3) is 16.9 Å². The summed E-state index contributed by atoms with van der Waals surface area (Å²) >= 11 is 3.40. The van der Waals surface area contributed by atoms with Crippen molar-refractivity contribution in [2.45, 2.75) is 6.92 Å². The maximum absolute atomic E-state index is 11.9. The molecule has 2 heterocycles.